The van der Waals surface area contributed by atoms with Crippen molar-refractivity contribution in [3.05, 3.63) is 15.3 Å². The van der Waals surface area contributed by atoms with E-state index >= 15 is 0 Å². The Morgan fingerprint density at radius 3 is 2.56 bits per heavy atom. The Kier molecular flexibility index (Phi) is 4.19. The van der Waals surface area contributed by atoms with Gasteiger partial charge in [-0.2, -0.15) is 0 Å². The molecule has 0 saturated carbocycles. The van der Waals surface area contributed by atoms with Gasteiger partial charge >= 0.3 is 6.36 Å². The van der Waals surface area contributed by atoms with Gasteiger partial charge in [0.15, 0.2) is 5.75 Å². The van der Waals surface area contributed by atoms with E-state index in [9.17, 15) is 13.2 Å². The summed E-state index contributed by atoms with van der Waals surface area (Å²) in [4.78, 5) is 3.68. The Balaban J connectivity index is 3.25. The Morgan fingerprint density at radius 2 is 2.12 bits per heavy atom. The second-order valence-electron chi connectivity index (χ2n) is 2.68. The van der Waals surface area contributed by atoms with Crippen molar-refractivity contribution in [3.63, 3.8) is 0 Å². The maximum Gasteiger partial charge on any atom is 0.573 e. The van der Waals surface area contributed by atoms with E-state index in [1.807, 2.05) is 22.6 Å². The maximum absolute atomic E-state index is 12.2. The lowest BCUT2D eigenvalue weighted by molar-refractivity contribution is -0.275. The Bertz CT molecular complexity index is 384. The summed E-state index contributed by atoms with van der Waals surface area (Å²) in [5.41, 5.74) is 5.57. The third-order valence-corrected chi connectivity index (χ3v) is 2.60. The smallest absolute Gasteiger partial charge is 0.478 e. The zero-order valence-corrected chi connectivity index (χ0v) is 10.3. The van der Waals surface area contributed by atoms with E-state index in [1.165, 1.54) is 13.3 Å². The molecule has 8 heteroatoms. The minimum atomic E-state index is -4.80. The predicted octanol–water partition coefficient (Wildman–Crippen LogP) is 2.05. The fraction of sp³-hybridized carbons (Fsp3) is 0.375. The lowest BCUT2D eigenvalue weighted by Gasteiger charge is -2.15. The van der Waals surface area contributed by atoms with Gasteiger partial charge in [0.25, 0.3) is 5.88 Å². The number of hydrogen-bond donors (Lipinski definition) is 1. The number of rotatable bonds is 3. The fourth-order valence-corrected chi connectivity index (χ4v) is 1.65. The first-order valence-electron chi connectivity index (χ1n) is 4.06. The molecule has 16 heavy (non-hydrogen) atoms. The van der Waals surface area contributed by atoms with E-state index in [0.29, 0.717) is 3.57 Å². The molecular weight excluding hydrogens is 340 g/mol. The Morgan fingerprint density at radius 1 is 1.50 bits per heavy atom. The first-order chi connectivity index (χ1) is 7.39. The minimum Gasteiger partial charge on any atom is -0.478 e. The molecule has 1 aromatic heterocycles. The van der Waals surface area contributed by atoms with Crippen LogP contribution in [0.3, 0.4) is 0 Å². The molecule has 1 heterocycles. The van der Waals surface area contributed by atoms with Crippen LogP contribution in [-0.2, 0) is 6.54 Å². The number of methoxy groups -OCH3 is 1. The lowest BCUT2D eigenvalue weighted by Crippen LogP contribution is -2.20. The van der Waals surface area contributed by atoms with Gasteiger partial charge in [-0.25, -0.2) is 4.98 Å². The number of pyridine rings is 1. The Hall–Kier alpha value is -0.770. The minimum absolute atomic E-state index is 0.0947. The molecule has 0 spiro atoms. The molecule has 0 saturated heterocycles. The van der Waals surface area contributed by atoms with Gasteiger partial charge < -0.3 is 15.2 Å². The van der Waals surface area contributed by atoms with Crippen molar-refractivity contribution in [2.75, 3.05) is 7.11 Å². The van der Waals surface area contributed by atoms with Crippen LogP contribution in [0.2, 0.25) is 0 Å². The molecule has 0 bridgehead atoms. The van der Waals surface area contributed by atoms with Gasteiger partial charge in [0, 0.05) is 21.9 Å². The molecule has 1 rings (SSSR count). The molecule has 0 aliphatic rings. The van der Waals surface area contributed by atoms with E-state index in [1.54, 1.807) is 0 Å². The molecular formula is C8H8F3IN2O2. The van der Waals surface area contributed by atoms with Crippen LogP contribution in [0.25, 0.3) is 0 Å². The van der Waals surface area contributed by atoms with Crippen molar-refractivity contribution in [1.82, 2.24) is 4.98 Å². The van der Waals surface area contributed by atoms with Crippen LogP contribution in [0.5, 0.6) is 11.6 Å². The van der Waals surface area contributed by atoms with Crippen molar-refractivity contribution in [2.24, 2.45) is 5.73 Å². The highest BCUT2D eigenvalue weighted by Crippen LogP contribution is 2.35. The number of nitrogens with zero attached hydrogens (tertiary/aromatic N) is 1. The van der Waals surface area contributed by atoms with Crippen molar-refractivity contribution in [3.8, 4) is 11.6 Å². The van der Waals surface area contributed by atoms with Gasteiger partial charge in [-0.15, -0.1) is 13.2 Å². The topological polar surface area (TPSA) is 57.4 Å². The van der Waals surface area contributed by atoms with E-state index in [2.05, 4.69) is 9.72 Å². The van der Waals surface area contributed by atoms with Crippen molar-refractivity contribution in [1.29, 1.82) is 0 Å². The van der Waals surface area contributed by atoms with Crippen LogP contribution in [0.4, 0.5) is 13.2 Å². The zero-order valence-electron chi connectivity index (χ0n) is 8.14. The van der Waals surface area contributed by atoms with Crippen LogP contribution in [-0.4, -0.2) is 18.5 Å². The average molecular weight is 348 g/mol. The standard InChI is InChI=1S/C8H8F3IN2O2/c1-15-7-6(16-8(9,10)11)4(2-13)5(12)3-14-7/h3H,2,13H2,1H3. The molecule has 0 aliphatic heterocycles. The third kappa shape index (κ3) is 3.11. The average Bonchev–Trinajstić information content (AvgIpc) is 2.16. The van der Waals surface area contributed by atoms with Crippen LogP contribution >= 0.6 is 22.6 Å². The highest BCUT2D eigenvalue weighted by atomic mass is 127. The fourth-order valence-electron chi connectivity index (χ4n) is 1.05. The van der Waals surface area contributed by atoms with E-state index in [4.69, 9.17) is 10.5 Å². The molecule has 0 fully saturated rings. The quantitative estimate of drug-likeness (QED) is 0.850. The SMILES string of the molecule is COc1ncc(I)c(CN)c1OC(F)(F)F. The Labute approximate surface area is 103 Å². The van der Waals surface area contributed by atoms with Crippen molar-refractivity contribution < 1.29 is 22.6 Å². The van der Waals surface area contributed by atoms with Gasteiger partial charge in [0.2, 0.25) is 0 Å². The maximum atomic E-state index is 12.2. The van der Waals surface area contributed by atoms with Crippen LogP contribution in [0.1, 0.15) is 5.56 Å². The second-order valence-corrected chi connectivity index (χ2v) is 3.84. The third-order valence-electron chi connectivity index (χ3n) is 1.67. The highest BCUT2D eigenvalue weighted by Gasteiger charge is 2.34. The van der Waals surface area contributed by atoms with Gasteiger partial charge in [0.05, 0.1) is 7.11 Å². The van der Waals surface area contributed by atoms with Crippen LogP contribution < -0.4 is 15.2 Å². The summed E-state index contributed by atoms with van der Waals surface area (Å²) in [7, 11) is 1.21. The molecule has 0 amide bonds. The van der Waals surface area contributed by atoms with Crippen LogP contribution in [0.15, 0.2) is 6.20 Å². The van der Waals surface area contributed by atoms with E-state index < -0.39 is 12.1 Å². The monoisotopic (exact) mass is 348 g/mol. The first-order valence-corrected chi connectivity index (χ1v) is 5.14. The van der Waals surface area contributed by atoms with Crippen LogP contribution in [0, 0.1) is 3.57 Å². The first kappa shape index (κ1) is 13.3. The molecule has 4 nitrogen and oxygen atoms in total. The number of hydrogen-bond acceptors (Lipinski definition) is 4. The summed E-state index contributed by atoms with van der Waals surface area (Å²) in [6.07, 6.45) is -3.44. The number of nitrogens with two attached hydrogens (primary N) is 1. The molecule has 1 aromatic rings. The summed E-state index contributed by atoms with van der Waals surface area (Å²) in [5.74, 6) is -0.720. The van der Waals surface area contributed by atoms with Crippen molar-refractivity contribution in [2.45, 2.75) is 12.9 Å². The number of ether oxygens (including phenoxy) is 2. The van der Waals surface area contributed by atoms with E-state index in [0.717, 1.165) is 0 Å². The summed E-state index contributed by atoms with van der Waals surface area (Å²) < 4.78 is 45.5. The second kappa shape index (κ2) is 5.04. The number of aromatic nitrogens is 1. The molecule has 2 N–H and O–H groups in total. The molecule has 90 valence electrons. The van der Waals surface area contributed by atoms with Gasteiger partial charge in [-0.3, -0.25) is 0 Å². The molecule has 0 radical (unpaired) electrons. The lowest BCUT2D eigenvalue weighted by atomic mass is 10.2. The number of alkyl halides is 3. The summed E-state index contributed by atoms with van der Waals surface area (Å²) in [6, 6.07) is 0. The molecule has 0 unspecified atom stereocenters. The normalized spacial score (nSPS) is 11.4. The molecule has 0 atom stereocenters. The number of halogens is 4. The predicted molar refractivity (Wildman–Crippen MR) is 58.1 cm³/mol. The van der Waals surface area contributed by atoms with Gasteiger partial charge in [-0.1, -0.05) is 0 Å². The summed E-state index contributed by atoms with van der Waals surface area (Å²) in [5, 5.41) is 0. The van der Waals surface area contributed by atoms with E-state index in [-0.39, 0.29) is 18.0 Å². The highest BCUT2D eigenvalue weighted by molar-refractivity contribution is 14.1. The molecule has 0 aliphatic carbocycles. The van der Waals surface area contributed by atoms with Gasteiger partial charge in [-0.05, 0) is 22.6 Å². The summed E-state index contributed by atoms with van der Waals surface area (Å²) >= 11 is 1.83. The van der Waals surface area contributed by atoms with Crippen molar-refractivity contribution >= 4 is 22.6 Å². The van der Waals surface area contributed by atoms with Gasteiger partial charge in [0.1, 0.15) is 0 Å². The largest absolute Gasteiger partial charge is 0.573 e. The summed E-state index contributed by atoms with van der Waals surface area (Å²) in [6.45, 7) is -0.0947. The molecule has 0 aromatic carbocycles. The zero-order chi connectivity index (χ0) is 12.3.